The van der Waals surface area contributed by atoms with E-state index < -0.39 is 17.9 Å². The molecule has 1 unspecified atom stereocenters. The molecule has 0 aliphatic carbocycles. The molecule has 0 saturated carbocycles. The van der Waals surface area contributed by atoms with Crippen LogP contribution in [0, 0.1) is 12.8 Å². The van der Waals surface area contributed by atoms with Crippen molar-refractivity contribution in [3.63, 3.8) is 0 Å². The Morgan fingerprint density at radius 2 is 2.00 bits per heavy atom. The highest BCUT2D eigenvalue weighted by molar-refractivity contribution is 7.20. The summed E-state index contributed by atoms with van der Waals surface area (Å²) < 4.78 is 0. The fourth-order valence-corrected chi connectivity index (χ4v) is 3.60. The molecule has 9 heteroatoms. The molecular weight excluding hydrogens is 344 g/mol. The van der Waals surface area contributed by atoms with Crippen molar-refractivity contribution in [3.8, 4) is 0 Å². The van der Waals surface area contributed by atoms with E-state index in [2.05, 4.69) is 15.3 Å². The molecule has 0 aliphatic heterocycles. The zero-order chi connectivity index (χ0) is 18.9. The number of hydrogen-bond donors (Lipinski definition) is 3. The number of carboxylic acids is 1. The number of fused-ring (bicyclic) bond motifs is 1. The van der Waals surface area contributed by atoms with Gasteiger partial charge < -0.3 is 20.3 Å². The zero-order valence-electron chi connectivity index (χ0n) is 14.8. The van der Waals surface area contributed by atoms with Crippen LogP contribution in [-0.2, 0) is 11.3 Å². The van der Waals surface area contributed by atoms with Crippen LogP contribution in [0.3, 0.4) is 0 Å². The van der Waals surface area contributed by atoms with Crippen molar-refractivity contribution < 1.29 is 14.7 Å². The Kier molecular flexibility index (Phi) is 5.58. The fraction of sp³-hybridized carbons (Fsp3) is 0.500. The van der Waals surface area contributed by atoms with Crippen molar-refractivity contribution in [2.24, 2.45) is 5.92 Å². The predicted octanol–water partition coefficient (Wildman–Crippen LogP) is 1.19. The minimum Gasteiger partial charge on any atom is -0.480 e. The van der Waals surface area contributed by atoms with Gasteiger partial charge in [0.05, 0.1) is 16.8 Å². The third kappa shape index (κ3) is 4.05. The predicted molar refractivity (Wildman–Crippen MR) is 96.1 cm³/mol. The molecule has 25 heavy (non-hydrogen) atoms. The highest BCUT2D eigenvalue weighted by atomic mass is 32.1. The summed E-state index contributed by atoms with van der Waals surface area (Å²) >= 11 is 1.10. The number of carboxylic acid groups (broad SMARTS) is 1. The fourth-order valence-electron chi connectivity index (χ4n) is 2.50. The first-order chi connectivity index (χ1) is 11.6. The minimum atomic E-state index is -1.09. The van der Waals surface area contributed by atoms with E-state index in [9.17, 15) is 19.5 Å². The van der Waals surface area contributed by atoms with Crippen LogP contribution in [0.15, 0.2) is 4.79 Å². The Hall–Kier alpha value is -2.26. The molecule has 1 atom stereocenters. The lowest BCUT2D eigenvalue weighted by Crippen LogP contribution is -2.44. The molecular formula is C16H22N4O4S. The van der Waals surface area contributed by atoms with E-state index in [-0.39, 0.29) is 11.5 Å². The number of nitrogens with zero attached hydrogens (tertiary/aromatic N) is 2. The molecule has 0 saturated heterocycles. The number of carbonyl (C=O) groups is 2. The molecule has 0 bridgehead atoms. The summed E-state index contributed by atoms with van der Waals surface area (Å²) in [6, 6.07) is -0.993. The largest absolute Gasteiger partial charge is 0.480 e. The molecule has 0 fully saturated rings. The van der Waals surface area contributed by atoms with Crippen molar-refractivity contribution in [3.05, 3.63) is 26.6 Å². The average Bonchev–Trinajstić information content (AvgIpc) is 2.80. The summed E-state index contributed by atoms with van der Waals surface area (Å²) in [7, 11) is 3.72. The van der Waals surface area contributed by atoms with Gasteiger partial charge in [0.1, 0.15) is 16.7 Å². The average molecular weight is 366 g/mol. The van der Waals surface area contributed by atoms with E-state index in [1.54, 1.807) is 20.8 Å². The van der Waals surface area contributed by atoms with E-state index in [4.69, 9.17) is 0 Å². The Balaban J connectivity index is 2.43. The van der Waals surface area contributed by atoms with Gasteiger partial charge in [-0.15, -0.1) is 11.3 Å². The van der Waals surface area contributed by atoms with Crippen LogP contribution in [0.1, 0.15) is 34.9 Å². The van der Waals surface area contributed by atoms with Crippen LogP contribution >= 0.6 is 11.3 Å². The monoisotopic (exact) mass is 366 g/mol. The molecule has 3 N–H and O–H groups in total. The van der Waals surface area contributed by atoms with Crippen LogP contribution in [0.5, 0.6) is 0 Å². The molecule has 0 radical (unpaired) electrons. The van der Waals surface area contributed by atoms with Crippen LogP contribution in [0.4, 0.5) is 0 Å². The van der Waals surface area contributed by atoms with Crippen LogP contribution in [0.25, 0.3) is 10.2 Å². The molecule has 0 aromatic carbocycles. The lowest BCUT2D eigenvalue weighted by Gasteiger charge is -2.17. The van der Waals surface area contributed by atoms with Crippen molar-refractivity contribution >= 4 is 33.4 Å². The summed E-state index contributed by atoms with van der Waals surface area (Å²) in [4.78, 5) is 45.9. The first-order valence-corrected chi connectivity index (χ1v) is 8.64. The zero-order valence-corrected chi connectivity index (χ0v) is 15.7. The van der Waals surface area contributed by atoms with Gasteiger partial charge in [0.2, 0.25) is 0 Å². The molecule has 0 aliphatic rings. The van der Waals surface area contributed by atoms with E-state index in [0.29, 0.717) is 33.0 Å². The molecule has 2 aromatic rings. The maximum absolute atomic E-state index is 12.5. The van der Waals surface area contributed by atoms with E-state index in [0.717, 1.165) is 11.3 Å². The highest BCUT2D eigenvalue weighted by Crippen LogP contribution is 2.27. The van der Waals surface area contributed by atoms with Gasteiger partial charge in [0, 0.05) is 0 Å². The molecule has 2 heterocycles. The van der Waals surface area contributed by atoms with Crippen LogP contribution in [0.2, 0.25) is 0 Å². The number of carbonyl (C=O) groups excluding carboxylic acids is 1. The smallest absolute Gasteiger partial charge is 0.326 e. The number of amides is 1. The number of rotatable bonds is 6. The maximum atomic E-state index is 12.5. The van der Waals surface area contributed by atoms with Gasteiger partial charge >= 0.3 is 5.97 Å². The summed E-state index contributed by atoms with van der Waals surface area (Å²) in [5.74, 6) is -1.34. The molecule has 2 aromatic heterocycles. The first-order valence-electron chi connectivity index (χ1n) is 7.82. The number of aliphatic carboxylic acids is 1. The Morgan fingerprint density at radius 3 is 2.52 bits per heavy atom. The quantitative estimate of drug-likeness (QED) is 0.707. The first kappa shape index (κ1) is 19.1. The lowest BCUT2D eigenvalue weighted by molar-refractivity contribution is -0.140. The van der Waals surface area contributed by atoms with Gasteiger partial charge in [-0.3, -0.25) is 9.59 Å². The third-order valence-corrected chi connectivity index (χ3v) is 4.93. The summed E-state index contributed by atoms with van der Waals surface area (Å²) in [5.41, 5.74) is 0.212. The number of nitrogens with one attached hydrogen (secondary N) is 2. The second kappa shape index (κ2) is 7.32. The van der Waals surface area contributed by atoms with Gasteiger partial charge in [-0.25, -0.2) is 9.78 Å². The highest BCUT2D eigenvalue weighted by Gasteiger charge is 2.26. The van der Waals surface area contributed by atoms with Gasteiger partial charge in [0.25, 0.3) is 11.5 Å². The van der Waals surface area contributed by atoms with Gasteiger partial charge in [-0.2, -0.15) is 0 Å². The molecule has 0 spiro atoms. The SMILES string of the molecule is Cc1c(C(=O)NC(C(=O)O)C(C)C)sc2nc(CN(C)C)[nH]c(=O)c12. The second-order valence-electron chi connectivity index (χ2n) is 6.52. The Labute approximate surface area is 148 Å². The topological polar surface area (TPSA) is 115 Å². The summed E-state index contributed by atoms with van der Waals surface area (Å²) in [6.45, 7) is 5.58. The summed E-state index contributed by atoms with van der Waals surface area (Å²) in [6.07, 6.45) is 0. The standard InChI is InChI=1S/C16H22N4O4S/c1-7(2)11(16(23)24)19-14(22)12-8(3)10-13(21)17-9(6-20(4)5)18-15(10)25-12/h7,11H,6H2,1-5H3,(H,19,22)(H,23,24)(H,17,18,21). The van der Waals surface area contributed by atoms with Gasteiger partial charge in [-0.05, 0) is 32.5 Å². The number of aromatic amines is 1. The molecule has 136 valence electrons. The maximum Gasteiger partial charge on any atom is 0.326 e. The van der Waals surface area contributed by atoms with E-state index in [1.165, 1.54) is 0 Å². The third-order valence-electron chi connectivity index (χ3n) is 3.74. The second-order valence-corrected chi connectivity index (χ2v) is 7.52. The van der Waals surface area contributed by atoms with Crippen molar-refractivity contribution in [1.82, 2.24) is 20.2 Å². The van der Waals surface area contributed by atoms with Gasteiger partial charge in [0.15, 0.2) is 0 Å². The Bertz CT molecular complexity index is 869. The number of aromatic nitrogens is 2. The molecule has 1 amide bonds. The Morgan fingerprint density at radius 1 is 1.36 bits per heavy atom. The number of hydrogen-bond acceptors (Lipinski definition) is 6. The molecule has 8 nitrogen and oxygen atoms in total. The number of aryl methyl sites for hydroxylation is 1. The van der Waals surface area contributed by atoms with E-state index in [1.807, 2.05) is 19.0 Å². The minimum absolute atomic E-state index is 0.260. The molecule has 2 rings (SSSR count). The normalized spacial score (nSPS) is 12.8. The van der Waals surface area contributed by atoms with E-state index >= 15 is 0 Å². The van der Waals surface area contributed by atoms with Crippen LogP contribution < -0.4 is 10.9 Å². The summed E-state index contributed by atoms with van der Waals surface area (Å²) in [5, 5.41) is 12.1. The number of H-pyrrole nitrogens is 1. The van der Waals surface area contributed by atoms with Crippen molar-refractivity contribution in [2.75, 3.05) is 14.1 Å². The lowest BCUT2D eigenvalue weighted by atomic mass is 10.0. The van der Waals surface area contributed by atoms with Crippen LogP contribution in [-0.4, -0.2) is 52.0 Å². The number of thiophene rings is 1. The van der Waals surface area contributed by atoms with Crippen molar-refractivity contribution in [1.29, 1.82) is 0 Å². The van der Waals surface area contributed by atoms with Gasteiger partial charge in [-0.1, -0.05) is 13.8 Å². The van der Waals surface area contributed by atoms with Crippen molar-refractivity contribution in [2.45, 2.75) is 33.4 Å².